The van der Waals surface area contributed by atoms with E-state index in [0.717, 1.165) is 5.56 Å². The Labute approximate surface area is 177 Å². The van der Waals surface area contributed by atoms with Gasteiger partial charge >= 0.3 is 5.97 Å². The molecule has 0 saturated carbocycles. The third-order valence-corrected chi connectivity index (χ3v) is 5.23. The number of benzene rings is 1. The van der Waals surface area contributed by atoms with Crippen LogP contribution in [-0.2, 0) is 20.7 Å². The predicted molar refractivity (Wildman–Crippen MR) is 108 cm³/mol. The van der Waals surface area contributed by atoms with Crippen molar-refractivity contribution in [2.24, 2.45) is 0 Å². The van der Waals surface area contributed by atoms with Crippen molar-refractivity contribution in [1.29, 1.82) is 0 Å². The highest BCUT2D eigenvalue weighted by Crippen LogP contribution is 2.32. The maximum Gasteiger partial charge on any atom is 0.328 e. The number of nitrogens with zero attached hydrogens (tertiary/aromatic N) is 4. The zero-order valence-corrected chi connectivity index (χ0v) is 16.7. The van der Waals surface area contributed by atoms with Crippen molar-refractivity contribution in [3.63, 3.8) is 0 Å². The van der Waals surface area contributed by atoms with E-state index < -0.39 is 43.2 Å². The Hall–Kier alpha value is -3.12. The summed E-state index contributed by atoms with van der Waals surface area (Å²) in [6.07, 6.45) is -1.37. The Kier molecular flexibility index (Phi) is 6.09. The standard InChI is InChI=1S/C20H23N5O6/c1-30-20(29)12(7-11-5-3-2-4-6-11)24-17-14-18(22-9-21-17)25(10-23-14)19-16(28)15(27)13(8-26)31-19/h2-6,9-10,12-13,15-16,19,26-28H,7-8H2,1H3,(H,21,22,24)/t12-,13-,15+,16+,19-/m1/s1. The van der Waals surface area contributed by atoms with E-state index in [9.17, 15) is 20.1 Å². The molecule has 0 amide bonds. The van der Waals surface area contributed by atoms with Gasteiger partial charge in [-0.3, -0.25) is 4.57 Å². The fourth-order valence-corrected chi connectivity index (χ4v) is 3.60. The quantitative estimate of drug-likeness (QED) is 0.366. The summed E-state index contributed by atoms with van der Waals surface area (Å²) in [5.74, 6) is -0.152. The SMILES string of the molecule is COC(=O)[C@@H](Cc1ccccc1)Nc1ncnc2c1ncn2[C@@H]1O[C@H](CO)[C@H](O)[C@@H]1O. The van der Waals surface area contributed by atoms with E-state index in [2.05, 4.69) is 20.3 Å². The number of fused-ring (bicyclic) bond motifs is 1. The molecule has 5 atom stereocenters. The number of carbonyl (C=O) groups is 1. The van der Waals surface area contributed by atoms with Gasteiger partial charge in [0, 0.05) is 6.42 Å². The van der Waals surface area contributed by atoms with Gasteiger partial charge in [0.05, 0.1) is 20.0 Å². The summed E-state index contributed by atoms with van der Waals surface area (Å²) < 4.78 is 11.9. The third kappa shape index (κ3) is 4.08. The van der Waals surface area contributed by atoms with Crippen molar-refractivity contribution >= 4 is 23.0 Å². The third-order valence-electron chi connectivity index (χ3n) is 5.23. The first-order valence-electron chi connectivity index (χ1n) is 9.71. The minimum atomic E-state index is -1.28. The number of aliphatic hydroxyl groups is 3. The highest BCUT2D eigenvalue weighted by Gasteiger charge is 2.44. The number of hydrogen-bond acceptors (Lipinski definition) is 10. The van der Waals surface area contributed by atoms with Crippen LogP contribution in [0.2, 0.25) is 0 Å². The minimum Gasteiger partial charge on any atom is -0.467 e. The number of aliphatic hydroxyl groups excluding tert-OH is 3. The van der Waals surface area contributed by atoms with Crippen molar-refractivity contribution in [3.05, 3.63) is 48.5 Å². The first-order chi connectivity index (χ1) is 15.0. The van der Waals surface area contributed by atoms with Gasteiger partial charge in [-0.15, -0.1) is 0 Å². The molecule has 3 aromatic rings. The molecular weight excluding hydrogens is 406 g/mol. The van der Waals surface area contributed by atoms with Crippen molar-refractivity contribution in [2.75, 3.05) is 19.0 Å². The Morgan fingerprint density at radius 2 is 2.00 bits per heavy atom. The van der Waals surface area contributed by atoms with Gasteiger partial charge in [-0.05, 0) is 5.56 Å². The molecule has 1 aliphatic heterocycles. The number of aromatic nitrogens is 4. The van der Waals surface area contributed by atoms with Gasteiger partial charge in [0.25, 0.3) is 0 Å². The van der Waals surface area contributed by atoms with E-state index >= 15 is 0 Å². The fraction of sp³-hybridized carbons (Fsp3) is 0.400. The zero-order valence-electron chi connectivity index (χ0n) is 16.7. The van der Waals surface area contributed by atoms with E-state index in [1.165, 1.54) is 24.3 Å². The van der Waals surface area contributed by atoms with Crippen molar-refractivity contribution in [1.82, 2.24) is 19.5 Å². The number of esters is 1. The second-order valence-corrected chi connectivity index (χ2v) is 7.18. The predicted octanol–water partition coefficient (Wildman–Crippen LogP) is -0.366. The Morgan fingerprint density at radius 1 is 1.23 bits per heavy atom. The normalized spacial score (nSPS) is 24.3. The average Bonchev–Trinajstić information content (AvgIpc) is 3.35. The summed E-state index contributed by atoms with van der Waals surface area (Å²) in [6.45, 7) is -0.441. The number of carbonyl (C=O) groups excluding carboxylic acids is 1. The smallest absolute Gasteiger partial charge is 0.328 e. The molecule has 164 valence electrons. The molecule has 0 aliphatic carbocycles. The van der Waals surface area contributed by atoms with Crippen LogP contribution in [0, 0.1) is 0 Å². The molecule has 0 unspecified atom stereocenters. The molecule has 31 heavy (non-hydrogen) atoms. The van der Waals surface area contributed by atoms with Gasteiger partial charge in [0.1, 0.15) is 30.7 Å². The molecule has 0 bridgehead atoms. The van der Waals surface area contributed by atoms with Gasteiger partial charge in [-0.2, -0.15) is 0 Å². The Morgan fingerprint density at radius 3 is 2.68 bits per heavy atom. The largest absolute Gasteiger partial charge is 0.467 e. The lowest BCUT2D eigenvalue weighted by atomic mass is 10.1. The first kappa shape index (κ1) is 21.1. The molecule has 3 heterocycles. The van der Waals surface area contributed by atoms with E-state index in [1.807, 2.05) is 30.3 Å². The summed E-state index contributed by atoms with van der Waals surface area (Å²) in [6, 6.07) is 8.75. The molecule has 11 heteroatoms. The van der Waals surface area contributed by atoms with E-state index in [0.29, 0.717) is 23.4 Å². The number of rotatable bonds is 7. The zero-order chi connectivity index (χ0) is 22.0. The Balaban J connectivity index is 1.63. The summed E-state index contributed by atoms with van der Waals surface area (Å²) in [5.41, 5.74) is 1.62. The van der Waals surface area contributed by atoms with Gasteiger partial charge in [0.2, 0.25) is 0 Å². The van der Waals surface area contributed by atoms with Crippen LogP contribution >= 0.6 is 0 Å². The monoisotopic (exact) mass is 429 g/mol. The number of hydrogen-bond donors (Lipinski definition) is 4. The van der Waals surface area contributed by atoms with Crippen LogP contribution in [0.4, 0.5) is 5.82 Å². The van der Waals surface area contributed by atoms with Crippen molar-refractivity contribution in [3.8, 4) is 0 Å². The topological polar surface area (TPSA) is 152 Å². The molecule has 0 spiro atoms. The van der Waals surface area contributed by atoms with Crippen LogP contribution in [0.5, 0.6) is 0 Å². The molecule has 2 aromatic heterocycles. The molecule has 1 fully saturated rings. The first-order valence-corrected chi connectivity index (χ1v) is 9.71. The molecule has 1 saturated heterocycles. The van der Waals surface area contributed by atoms with E-state index in [-0.39, 0.29) is 0 Å². The Bertz CT molecular complexity index is 1040. The van der Waals surface area contributed by atoms with E-state index in [4.69, 9.17) is 9.47 Å². The summed E-state index contributed by atoms with van der Waals surface area (Å²) in [4.78, 5) is 25.1. The van der Waals surface area contributed by atoms with Crippen LogP contribution in [-0.4, -0.2) is 78.9 Å². The number of imidazole rings is 1. The summed E-state index contributed by atoms with van der Waals surface area (Å²) in [5, 5.41) is 32.7. The number of ether oxygens (including phenoxy) is 2. The highest BCUT2D eigenvalue weighted by atomic mass is 16.6. The van der Waals surface area contributed by atoms with E-state index in [1.54, 1.807) is 0 Å². The van der Waals surface area contributed by atoms with Gasteiger partial charge in [-0.1, -0.05) is 30.3 Å². The van der Waals surface area contributed by atoms with Crippen molar-refractivity contribution < 1.29 is 29.6 Å². The molecule has 4 rings (SSSR count). The average molecular weight is 429 g/mol. The lowest BCUT2D eigenvalue weighted by molar-refractivity contribution is -0.141. The van der Waals surface area contributed by atoms with Crippen LogP contribution < -0.4 is 5.32 Å². The van der Waals surface area contributed by atoms with Crippen LogP contribution in [0.1, 0.15) is 11.8 Å². The molecule has 1 aromatic carbocycles. The number of anilines is 1. The van der Waals surface area contributed by atoms with Crippen LogP contribution in [0.3, 0.4) is 0 Å². The summed E-state index contributed by atoms with van der Waals surface area (Å²) in [7, 11) is 1.31. The molecular formula is C20H23N5O6. The highest BCUT2D eigenvalue weighted by molar-refractivity contribution is 5.86. The van der Waals surface area contributed by atoms with Gasteiger partial charge < -0.3 is 30.1 Å². The molecule has 4 N–H and O–H groups in total. The number of methoxy groups -OCH3 is 1. The van der Waals surface area contributed by atoms with Gasteiger partial charge in [0.15, 0.2) is 23.2 Å². The molecule has 0 radical (unpaired) electrons. The maximum absolute atomic E-state index is 12.4. The second kappa shape index (κ2) is 8.94. The lowest BCUT2D eigenvalue weighted by Crippen LogP contribution is -2.33. The molecule has 11 nitrogen and oxygen atoms in total. The molecule has 1 aliphatic rings. The lowest BCUT2D eigenvalue weighted by Gasteiger charge is -2.18. The second-order valence-electron chi connectivity index (χ2n) is 7.18. The van der Waals surface area contributed by atoms with Crippen LogP contribution in [0.25, 0.3) is 11.2 Å². The minimum absolute atomic E-state index is 0.307. The van der Waals surface area contributed by atoms with Crippen molar-refractivity contribution in [2.45, 2.75) is 37.0 Å². The summed E-state index contributed by atoms with van der Waals surface area (Å²) >= 11 is 0. The van der Waals surface area contributed by atoms with Gasteiger partial charge in [-0.25, -0.2) is 19.7 Å². The number of nitrogens with one attached hydrogen (secondary N) is 1. The maximum atomic E-state index is 12.4. The van der Waals surface area contributed by atoms with Crippen LogP contribution in [0.15, 0.2) is 43.0 Å². The fourth-order valence-electron chi connectivity index (χ4n) is 3.60.